The highest BCUT2D eigenvalue weighted by Crippen LogP contribution is 2.07. The Balaban J connectivity index is 1.92. The maximum atomic E-state index is 11.7. The van der Waals surface area contributed by atoms with Gasteiger partial charge in [0.1, 0.15) is 6.54 Å². The second-order valence-corrected chi connectivity index (χ2v) is 4.03. The lowest BCUT2D eigenvalue weighted by molar-refractivity contribution is -0.137. The Morgan fingerprint density at radius 1 is 1.26 bits per heavy atom. The third-order valence-corrected chi connectivity index (χ3v) is 2.42. The van der Waals surface area contributed by atoms with Crippen molar-refractivity contribution in [3.63, 3.8) is 0 Å². The van der Waals surface area contributed by atoms with Gasteiger partial charge >= 0.3 is 5.97 Å². The summed E-state index contributed by atoms with van der Waals surface area (Å²) in [5.74, 6) is -1.15. The topological polar surface area (TPSA) is 84.2 Å². The molecule has 0 aliphatic heterocycles. The number of carbonyl (C=O) groups excluding carboxylic acids is 1. The molecule has 2 N–H and O–H groups in total. The molecule has 98 valence electrons. The molecule has 1 aromatic heterocycles. The summed E-state index contributed by atoms with van der Waals surface area (Å²) in [5, 5.41) is 15.1. The molecule has 1 heterocycles. The van der Waals surface area contributed by atoms with E-state index in [2.05, 4.69) is 10.4 Å². The maximum absolute atomic E-state index is 11.7. The van der Waals surface area contributed by atoms with Crippen LogP contribution in [-0.4, -0.2) is 26.8 Å². The van der Waals surface area contributed by atoms with E-state index in [0.717, 1.165) is 5.56 Å². The third kappa shape index (κ3) is 3.95. The summed E-state index contributed by atoms with van der Waals surface area (Å²) in [6, 6.07) is 9.36. The zero-order valence-corrected chi connectivity index (χ0v) is 10.1. The number of anilines is 1. The van der Waals surface area contributed by atoms with Crippen molar-refractivity contribution < 1.29 is 14.7 Å². The molecular weight excluding hydrogens is 246 g/mol. The van der Waals surface area contributed by atoms with E-state index in [9.17, 15) is 9.59 Å². The van der Waals surface area contributed by atoms with Crippen LogP contribution in [-0.2, 0) is 22.6 Å². The molecule has 0 bridgehead atoms. The smallest absolute Gasteiger partial charge is 0.325 e. The van der Waals surface area contributed by atoms with E-state index >= 15 is 0 Å². The SMILES string of the molecule is O=C(O)Cn1cc(NC(=O)Cc2ccccc2)cn1. The first-order valence-electron chi connectivity index (χ1n) is 5.71. The number of carboxylic acids is 1. The lowest BCUT2D eigenvalue weighted by Crippen LogP contribution is -2.14. The third-order valence-electron chi connectivity index (χ3n) is 2.42. The number of nitrogens with zero attached hydrogens (tertiary/aromatic N) is 2. The van der Waals surface area contributed by atoms with E-state index in [4.69, 9.17) is 5.11 Å². The fraction of sp³-hybridized carbons (Fsp3) is 0.154. The van der Waals surface area contributed by atoms with Crippen molar-refractivity contribution in [1.82, 2.24) is 9.78 Å². The highest BCUT2D eigenvalue weighted by molar-refractivity contribution is 5.92. The quantitative estimate of drug-likeness (QED) is 0.843. The van der Waals surface area contributed by atoms with Crippen LogP contribution in [0.25, 0.3) is 0 Å². The fourth-order valence-corrected chi connectivity index (χ4v) is 1.64. The van der Waals surface area contributed by atoms with Gasteiger partial charge in [0.05, 0.1) is 18.3 Å². The average Bonchev–Trinajstić information content (AvgIpc) is 2.76. The van der Waals surface area contributed by atoms with Crippen molar-refractivity contribution in [3.8, 4) is 0 Å². The molecule has 19 heavy (non-hydrogen) atoms. The number of amides is 1. The van der Waals surface area contributed by atoms with Crippen molar-refractivity contribution in [2.75, 3.05) is 5.32 Å². The first kappa shape index (κ1) is 12.8. The van der Waals surface area contributed by atoms with Gasteiger partial charge in [0, 0.05) is 6.20 Å². The van der Waals surface area contributed by atoms with E-state index in [-0.39, 0.29) is 18.9 Å². The summed E-state index contributed by atoms with van der Waals surface area (Å²) in [5.41, 5.74) is 1.40. The van der Waals surface area contributed by atoms with Gasteiger partial charge in [0.15, 0.2) is 0 Å². The highest BCUT2D eigenvalue weighted by Gasteiger charge is 2.07. The van der Waals surface area contributed by atoms with Gasteiger partial charge in [-0.05, 0) is 5.56 Å². The molecule has 0 saturated carbocycles. The average molecular weight is 259 g/mol. The molecule has 0 radical (unpaired) electrons. The summed E-state index contributed by atoms with van der Waals surface area (Å²) in [6.07, 6.45) is 3.17. The van der Waals surface area contributed by atoms with Crippen LogP contribution >= 0.6 is 0 Å². The fourth-order valence-electron chi connectivity index (χ4n) is 1.64. The summed E-state index contributed by atoms with van der Waals surface area (Å²) < 4.78 is 1.25. The minimum absolute atomic E-state index is 0.166. The van der Waals surface area contributed by atoms with Gasteiger partial charge in [-0.1, -0.05) is 30.3 Å². The summed E-state index contributed by atoms with van der Waals surface area (Å²) >= 11 is 0. The van der Waals surface area contributed by atoms with Gasteiger partial charge in [-0.3, -0.25) is 14.3 Å². The normalized spacial score (nSPS) is 10.1. The van der Waals surface area contributed by atoms with Crippen molar-refractivity contribution in [2.45, 2.75) is 13.0 Å². The molecule has 0 fully saturated rings. The minimum atomic E-state index is -0.981. The van der Waals surface area contributed by atoms with Crippen LogP contribution in [0.2, 0.25) is 0 Å². The van der Waals surface area contributed by atoms with Crippen LogP contribution in [0.4, 0.5) is 5.69 Å². The molecule has 2 rings (SSSR count). The molecule has 1 aromatic carbocycles. The van der Waals surface area contributed by atoms with E-state index in [1.807, 2.05) is 30.3 Å². The first-order chi connectivity index (χ1) is 9.13. The molecule has 6 heteroatoms. The van der Waals surface area contributed by atoms with Crippen molar-refractivity contribution in [2.24, 2.45) is 0 Å². The van der Waals surface area contributed by atoms with Gasteiger partial charge in [-0.15, -0.1) is 0 Å². The Bertz CT molecular complexity index is 578. The minimum Gasteiger partial charge on any atom is -0.480 e. The Morgan fingerprint density at radius 2 is 2.00 bits per heavy atom. The predicted molar refractivity (Wildman–Crippen MR) is 68.6 cm³/mol. The predicted octanol–water partition coefficient (Wildman–Crippen LogP) is 1.15. The van der Waals surface area contributed by atoms with Gasteiger partial charge in [-0.2, -0.15) is 5.10 Å². The summed E-state index contributed by atoms with van der Waals surface area (Å²) in [4.78, 5) is 22.2. The number of nitrogens with one attached hydrogen (secondary N) is 1. The number of hydrogen-bond donors (Lipinski definition) is 2. The van der Waals surface area contributed by atoms with Crippen LogP contribution in [0.5, 0.6) is 0 Å². The second kappa shape index (κ2) is 5.81. The molecule has 0 unspecified atom stereocenters. The van der Waals surface area contributed by atoms with Crippen LogP contribution < -0.4 is 5.32 Å². The molecule has 6 nitrogen and oxygen atoms in total. The lowest BCUT2D eigenvalue weighted by atomic mass is 10.1. The first-order valence-corrected chi connectivity index (χ1v) is 5.71. The number of rotatable bonds is 5. The number of carbonyl (C=O) groups is 2. The van der Waals surface area contributed by atoms with E-state index < -0.39 is 5.97 Å². The zero-order valence-electron chi connectivity index (χ0n) is 10.1. The molecule has 0 saturated heterocycles. The highest BCUT2D eigenvalue weighted by atomic mass is 16.4. The monoisotopic (exact) mass is 259 g/mol. The van der Waals surface area contributed by atoms with Crippen LogP contribution in [0.15, 0.2) is 42.7 Å². The molecule has 1 amide bonds. The number of aliphatic carboxylic acids is 1. The molecule has 0 aliphatic rings. The maximum Gasteiger partial charge on any atom is 0.325 e. The number of aromatic nitrogens is 2. The molecule has 2 aromatic rings. The van der Waals surface area contributed by atoms with Crippen LogP contribution in [0, 0.1) is 0 Å². The van der Waals surface area contributed by atoms with Gasteiger partial charge in [0.2, 0.25) is 5.91 Å². The van der Waals surface area contributed by atoms with E-state index in [1.54, 1.807) is 0 Å². The number of hydrogen-bond acceptors (Lipinski definition) is 3. The van der Waals surface area contributed by atoms with Gasteiger partial charge < -0.3 is 10.4 Å². The largest absolute Gasteiger partial charge is 0.480 e. The Labute approximate surface area is 109 Å². The molecule has 0 spiro atoms. The number of benzene rings is 1. The molecule has 0 atom stereocenters. The van der Waals surface area contributed by atoms with Gasteiger partial charge in [0.25, 0.3) is 0 Å². The van der Waals surface area contributed by atoms with Crippen LogP contribution in [0.1, 0.15) is 5.56 Å². The van der Waals surface area contributed by atoms with Gasteiger partial charge in [-0.25, -0.2) is 0 Å². The van der Waals surface area contributed by atoms with Crippen molar-refractivity contribution in [1.29, 1.82) is 0 Å². The van der Waals surface area contributed by atoms with E-state index in [0.29, 0.717) is 5.69 Å². The standard InChI is InChI=1S/C13H13N3O3/c17-12(6-10-4-2-1-3-5-10)15-11-7-14-16(8-11)9-13(18)19/h1-5,7-8H,6,9H2,(H,15,17)(H,18,19). The van der Waals surface area contributed by atoms with Crippen LogP contribution in [0.3, 0.4) is 0 Å². The lowest BCUT2D eigenvalue weighted by Gasteiger charge is -2.02. The molecular formula is C13H13N3O3. The summed E-state index contributed by atoms with van der Waals surface area (Å²) in [7, 11) is 0. The molecule has 0 aliphatic carbocycles. The number of carboxylic acid groups (broad SMARTS) is 1. The Kier molecular flexibility index (Phi) is 3.92. The summed E-state index contributed by atoms with van der Waals surface area (Å²) in [6.45, 7) is -0.228. The van der Waals surface area contributed by atoms with Crippen molar-refractivity contribution in [3.05, 3.63) is 48.3 Å². The van der Waals surface area contributed by atoms with Crippen molar-refractivity contribution >= 4 is 17.6 Å². The van der Waals surface area contributed by atoms with E-state index in [1.165, 1.54) is 17.1 Å². The Hall–Kier alpha value is -2.63. The second-order valence-electron chi connectivity index (χ2n) is 4.03. The Morgan fingerprint density at radius 3 is 2.68 bits per heavy atom. The zero-order chi connectivity index (χ0) is 13.7.